The Balaban J connectivity index is 2.23. The molecule has 16 heavy (non-hydrogen) atoms. The minimum Gasteiger partial charge on any atom is -0.478 e. The molecule has 0 aliphatic carbocycles. The van der Waals surface area contributed by atoms with Crippen molar-refractivity contribution < 1.29 is 9.90 Å². The van der Waals surface area contributed by atoms with Crippen molar-refractivity contribution in [2.24, 2.45) is 7.05 Å². The summed E-state index contributed by atoms with van der Waals surface area (Å²) in [6.07, 6.45) is 4.37. The molecule has 6 heteroatoms. The maximum absolute atomic E-state index is 10.3. The lowest BCUT2D eigenvalue weighted by Gasteiger charge is -1.87. The Labute approximate surface area is 95.7 Å². The molecule has 0 amide bonds. The van der Waals surface area contributed by atoms with Gasteiger partial charge in [0.05, 0.1) is 5.69 Å². The number of carbonyl (C=O) groups is 1. The van der Waals surface area contributed by atoms with Crippen LogP contribution >= 0.6 is 11.3 Å². The number of aromatic nitrogens is 3. The summed E-state index contributed by atoms with van der Waals surface area (Å²) in [6, 6.07) is 1.86. The Morgan fingerprint density at radius 1 is 1.62 bits per heavy atom. The molecule has 1 N–H and O–H groups in total. The number of aryl methyl sites for hydroxylation is 1. The highest BCUT2D eigenvalue weighted by Gasteiger charge is 2.05. The quantitative estimate of drug-likeness (QED) is 0.821. The average Bonchev–Trinajstić information content (AvgIpc) is 2.83. The lowest BCUT2D eigenvalue weighted by atomic mass is 10.4. The van der Waals surface area contributed by atoms with Crippen LogP contribution in [-0.4, -0.2) is 25.8 Å². The van der Waals surface area contributed by atoms with Crippen LogP contribution in [0.15, 0.2) is 23.7 Å². The number of carboxylic acids is 1. The van der Waals surface area contributed by atoms with Crippen LogP contribution in [0.25, 0.3) is 16.8 Å². The monoisotopic (exact) mass is 235 g/mol. The van der Waals surface area contributed by atoms with E-state index in [-0.39, 0.29) is 0 Å². The van der Waals surface area contributed by atoms with Gasteiger partial charge in [0.2, 0.25) is 0 Å². The second-order valence-corrected chi connectivity index (χ2v) is 3.98. The van der Waals surface area contributed by atoms with E-state index in [2.05, 4.69) is 10.1 Å². The van der Waals surface area contributed by atoms with Gasteiger partial charge in [-0.05, 0) is 12.1 Å². The van der Waals surface area contributed by atoms with E-state index in [1.54, 1.807) is 10.1 Å². The first kappa shape index (κ1) is 10.6. The van der Waals surface area contributed by atoms with Gasteiger partial charge in [0.25, 0.3) is 0 Å². The van der Waals surface area contributed by atoms with Gasteiger partial charge in [0.15, 0.2) is 0 Å². The summed E-state index contributed by atoms with van der Waals surface area (Å²) in [5.74, 6) is -0.979. The fourth-order valence-electron chi connectivity index (χ4n) is 1.17. The molecule has 2 aromatic rings. The second-order valence-electron chi connectivity index (χ2n) is 3.12. The van der Waals surface area contributed by atoms with Gasteiger partial charge in [-0.1, -0.05) is 0 Å². The van der Waals surface area contributed by atoms with Gasteiger partial charge in [-0.2, -0.15) is 5.10 Å². The Morgan fingerprint density at radius 2 is 2.44 bits per heavy atom. The fraction of sp³-hybridized carbons (Fsp3) is 0.100. The second kappa shape index (κ2) is 4.28. The van der Waals surface area contributed by atoms with E-state index in [9.17, 15) is 4.79 Å². The topological polar surface area (TPSA) is 68.0 Å². The third-order valence-corrected chi connectivity index (χ3v) is 2.73. The summed E-state index contributed by atoms with van der Waals surface area (Å²) in [5.41, 5.74) is 1.43. The molecule has 0 spiro atoms. The molecular weight excluding hydrogens is 226 g/mol. The lowest BCUT2D eigenvalue weighted by molar-refractivity contribution is -0.131. The molecule has 2 aromatic heterocycles. The van der Waals surface area contributed by atoms with Crippen molar-refractivity contribution in [2.75, 3.05) is 0 Å². The maximum atomic E-state index is 10.3. The van der Waals surface area contributed by atoms with Gasteiger partial charge in [0, 0.05) is 24.7 Å². The molecule has 2 heterocycles. The maximum Gasteiger partial charge on any atom is 0.328 e. The largest absolute Gasteiger partial charge is 0.478 e. The van der Waals surface area contributed by atoms with Crippen molar-refractivity contribution in [1.29, 1.82) is 0 Å². The average molecular weight is 235 g/mol. The molecule has 0 unspecified atom stereocenters. The number of thiazole rings is 1. The van der Waals surface area contributed by atoms with Crippen LogP contribution < -0.4 is 0 Å². The van der Waals surface area contributed by atoms with E-state index in [4.69, 9.17) is 5.11 Å². The first-order valence-corrected chi connectivity index (χ1v) is 5.39. The Kier molecular flexibility index (Phi) is 2.82. The van der Waals surface area contributed by atoms with Crippen LogP contribution in [0.5, 0.6) is 0 Å². The minimum absolute atomic E-state index is 0.632. The number of carboxylic acid groups (broad SMARTS) is 1. The van der Waals surface area contributed by atoms with E-state index in [0.717, 1.165) is 16.8 Å². The van der Waals surface area contributed by atoms with Gasteiger partial charge >= 0.3 is 5.97 Å². The van der Waals surface area contributed by atoms with Crippen LogP contribution in [-0.2, 0) is 11.8 Å². The molecule has 0 aromatic carbocycles. The van der Waals surface area contributed by atoms with Crippen molar-refractivity contribution in [1.82, 2.24) is 14.8 Å². The van der Waals surface area contributed by atoms with Crippen molar-refractivity contribution in [2.45, 2.75) is 0 Å². The van der Waals surface area contributed by atoms with Crippen molar-refractivity contribution in [3.8, 4) is 10.7 Å². The highest BCUT2D eigenvalue weighted by atomic mass is 32.1. The fourth-order valence-corrected chi connectivity index (χ4v) is 1.92. The van der Waals surface area contributed by atoms with E-state index in [1.807, 2.05) is 19.3 Å². The van der Waals surface area contributed by atoms with Crippen LogP contribution in [0.3, 0.4) is 0 Å². The molecule has 0 bridgehead atoms. The normalized spacial score (nSPS) is 11.1. The zero-order valence-electron chi connectivity index (χ0n) is 8.49. The molecule has 0 aliphatic heterocycles. The molecule has 0 saturated heterocycles. The van der Waals surface area contributed by atoms with E-state index < -0.39 is 5.97 Å². The molecule has 0 saturated carbocycles. The van der Waals surface area contributed by atoms with E-state index in [0.29, 0.717) is 5.69 Å². The summed E-state index contributed by atoms with van der Waals surface area (Å²) >= 11 is 1.44. The molecule has 2 rings (SSSR count). The molecule has 0 fully saturated rings. The summed E-state index contributed by atoms with van der Waals surface area (Å²) in [5, 5.41) is 15.3. The van der Waals surface area contributed by atoms with Gasteiger partial charge in [0.1, 0.15) is 10.7 Å². The number of rotatable bonds is 3. The van der Waals surface area contributed by atoms with Crippen LogP contribution in [0.4, 0.5) is 0 Å². The standard InChI is InChI=1S/C10H9N3O2S/c1-13-5-4-8(12-13)10-11-7(6-16-10)2-3-9(14)15/h2-6H,1H3,(H,14,15). The number of nitrogens with zero attached hydrogens (tertiary/aromatic N) is 3. The molecule has 0 atom stereocenters. The summed E-state index contributed by atoms with van der Waals surface area (Å²) in [7, 11) is 1.84. The van der Waals surface area contributed by atoms with Gasteiger partial charge in [-0.3, -0.25) is 4.68 Å². The van der Waals surface area contributed by atoms with Crippen LogP contribution in [0.2, 0.25) is 0 Å². The number of hydrogen-bond acceptors (Lipinski definition) is 4. The van der Waals surface area contributed by atoms with Crippen molar-refractivity contribution in [3.05, 3.63) is 29.4 Å². The van der Waals surface area contributed by atoms with Crippen molar-refractivity contribution in [3.63, 3.8) is 0 Å². The summed E-state index contributed by atoms with van der Waals surface area (Å²) in [6.45, 7) is 0. The molecule has 5 nitrogen and oxygen atoms in total. The predicted octanol–water partition coefficient (Wildman–Crippen LogP) is 1.64. The molecule has 0 radical (unpaired) electrons. The Bertz CT molecular complexity index is 542. The highest BCUT2D eigenvalue weighted by molar-refractivity contribution is 7.13. The Hall–Kier alpha value is -1.95. The van der Waals surface area contributed by atoms with Crippen molar-refractivity contribution >= 4 is 23.4 Å². The van der Waals surface area contributed by atoms with Crippen LogP contribution in [0.1, 0.15) is 5.69 Å². The third-order valence-electron chi connectivity index (χ3n) is 1.85. The third kappa shape index (κ3) is 2.34. The molecule has 82 valence electrons. The zero-order valence-corrected chi connectivity index (χ0v) is 9.31. The van der Waals surface area contributed by atoms with E-state index in [1.165, 1.54) is 17.4 Å². The van der Waals surface area contributed by atoms with Crippen LogP contribution in [0, 0.1) is 0 Å². The first-order valence-electron chi connectivity index (χ1n) is 4.52. The molecule has 0 aliphatic rings. The Morgan fingerprint density at radius 3 is 3.06 bits per heavy atom. The lowest BCUT2D eigenvalue weighted by Crippen LogP contribution is -1.88. The number of hydrogen-bond donors (Lipinski definition) is 1. The highest BCUT2D eigenvalue weighted by Crippen LogP contribution is 2.22. The summed E-state index contributed by atoms with van der Waals surface area (Å²) in [4.78, 5) is 14.6. The predicted molar refractivity (Wildman–Crippen MR) is 61.0 cm³/mol. The van der Waals surface area contributed by atoms with Gasteiger partial charge in [-0.25, -0.2) is 9.78 Å². The zero-order chi connectivity index (χ0) is 11.5. The van der Waals surface area contributed by atoms with Gasteiger partial charge in [-0.15, -0.1) is 11.3 Å². The SMILES string of the molecule is Cn1ccc(-c2nc(C=CC(=O)O)cs2)n1. The number of aliphatic carboxylic acids is 1. The summed E-state index contributed by atoms with van der Waals surface area (Å²) < 4.78 is 1.70. The smallest absolute Gasteiger partial charge is 0.328 e. The van der Waals surface area contributed by atoms with Gasteiger partial charge < -0.3 is 5.11 Å². The van der Waals surface area contributed by atoms with E-state index >= 15 is 0 Å². The minimum atomic E-state index is -0.979. The first-order chi connectivity index (χ1) is 7.65. The molecular formula is C10H9N3O2S.